The first-order valence-electron chi connectivity index (χ1n) is 12.5. The highest BCUT2D eigenvalue weighted by Crippen LogP contribution is 2.35. The van der Waals surface area contributed by atoms with E-state index in [2.05, 4.69) is 78.3 Å². The summed E-state index contributed by atoms with van der Waals surface area (Å²) in [6.07, 6.45) is 28.3. The molecule has 0 fully saturated rings. The minimum atomic E-state index is -0.677. The summed E-state index contributed by atoms with van der Waals surface area (Å²) in [5.41, 5.74) is 0.00573. The quantitative estimate of drug-likeness (QED) is 0.110. The van der Waals surface area contributed by atoms with Crippen molar-refractivity contribution in [1.29, 1.82) is 0 Å². The normalized spacial score (nSPS) is 12.0. The standard InChI is InChI=1S/C29H40N2O5/c1-2-3-4-5-6-7-8-9-10-11-12-13-14-15-16-17-18-19-27(34)30-20-21-31-29(36)24-22-25(32)28(35)26(33)23-24/h3-4,6-7,9-10,12-13,15-16,22-23,32-33,35H,2,5,8,11,14,17-21H2,1H3,(H,30,34)(H,31,36). The smallest absolute Gasteiger partial charge is 0.251 e. The van der Waals surface area contributed by atoms with Gasteiger partial charge in [0.25, 0.3) is 5.91 Å². The summed E-state index contributed by atoms with van der Waals surface area (Å²) < 4.78 is 0. The number of carbonyl (C=O) groups excluding carboxylic acids is 2. The van der Waals surface area contributed by atoms with Gasteiger partial charge in [0.15, 0.2) is 17.2 Å². The van der Waals surface area contributed by atoms with Gasteiger partial charge in [0.2, 0.25) is 5.91 Å². The van der Waals surface area contributed by atoms with Crippen LogP contribution in [-0.4, -0.2) is 40.2 Å². The third-order valence-electron chi connectivity index (χ3n) is 5.00. The fraction of sp³-hybridized carbons (Fsp3) is 0.379. The predicted octanol–water partition coefficient (Wildman–Crippen LogP) is 5.57. The lowest BCUT2D eigenvalue weighted by Crippen LogP contribution is -2.34. The third-order valence-corrected chi connectivity index (χ3v) is 5.00. The Balaban J connectivity index is 2.04. The zero-order valence-electron chi connectivity index (χ0n) is 21.2. The van der Waals surface area contributed by atoms with E-state index in [4.69, 9.17) is 0 Å². The molecule has 0 bridgehead atoms. The molecule has 36 heavy (non-hydrogen) atoms. The number of unbranched alkanes of at least 4 members (excludes halogenated alkanes) is 1. The van der Waals surface area contributed by atoms with Crippen LogP contribution in [0.1, 0.15) is 68.6 Å². The van der Waals surface area contributed by atoms with Crippen molar-refractivity contribution in [2.45, 2.75) is 58.3 Å². The Bertz CT molecular complexity index is 922. The lowest BCUT2D eigenvalue weighted by Gasteiger charge is -2.08. The van der Waals surface area contributed by atoms with Gasteiger partial charge in [0.1, 0.15) is 0 Å². The topological polar surface area (TPSA) is 119 Å². The summed E-state index contributed by atoms with van der Waals surface area (Å²) in [5, 5.41) is 33.5. The summed E-state index contributed by atoms with van der Waals surface area (Å²) in [4.78, 5) is 23.9. The number of phenols is 3. The molecule has 1 rings (SSSR count). The highest BCUT2D eigenvalue weighted by atomic mass is 16.3. The average molecular weight is 497 g/mol. The van der Waals surface area contributed by atoms with Crippen molar-refractivity contribution in [3.05, 3.63) is 78.5 Å². The van der Waals surface area contributed by atoms with Gasteiger partial charge >= 0.3 is 0 Å². The van der Waals surface area contributed by atoms with Crippen molar-refractivity contribution in [3.63, 3.8) is 0 Å². The second-order valence-electron chi connectivity index (χ2n) is 8.07. The second kappa shape index (κ2) is 19.6. The van der Waals surface area contributed by atoms with Crippen molar-refractivity contribution in [3.8, 4) is 17.2 Å². The SMILES string of the molecule is CCC=CCC=CCC=CCC=CCC=CCCCC(=O)NCCNC(=O)c1cc(O)c(O)c(O)c1. The predicted molar refractivity (Wildman–Crippen MR) is 145 cm³/mol. The van der Waals surface area contributed by atoms with Gasteiger partial charge in [-0.2, -0.15) is 0 Å². The van der Waals surface area contributed by atoms with Crippen LogP contribution in [0.25, 0.3) is 0 Å². The van der Waals surface area contributed by atoms with Gasteiger partial charge in [-0.3, -0.25) is 9.59 Å². The van der Waals surface area contributed by atoms with E-state index in [1.165, 1.54) is 0 Å². The van der Waals surface area contributed by atoms with Gasteiger partial charge in [-0.25, -0.2) is 0 Å². The molecule has 2 amide bonds. The highest BCUT2D eigenvalue weighted by Gasteiger charge is 2.13. The van der Waals surface area contributed by atoms with Crippen LogP contribution in [-0.2, 0) is 4.79 Å². The molecule has 0 atom stereocenters. The van der Waals surface area contributed by atoms with Crippen LogP contribution in [0.2, 0.25) is 0 Å². The van der Waals surface area contributed by atoms with E-state index in [9.17, 15) is 24.9 Å². The number of aromatic hydroxyl groups is 3. The minimum absolute atomic E-state index is 0.00573. The number of hydrogen-bond donors (Lipinski definition) is 5. The molecule has 7 nitrogen and oxygen atoms in total. The molecule has 0 aliphatic carbocycles. The van der Waals surface area contributed by atoms with Crippen LogP contribution < -0.4 is 10.6 Å². The molecular weight excluding hydrogens is 456 g/mol. The fourth-order valence-electron chi connectivity index (χ4n) is 3.05. The maximum absolute atomic E-state index is 12.0. The van der Waals surface area contributed by atoms with Crippen molar-refractivity contribution in [2.75, 3.05) is 13.1 Å². The van der Waals surface area contributed by atoms with E-state index in [1.807, 2.05) is 0 Å². The molecule has 1 aromatic rings. The first-order valence-corrected chi connectivity index (χ1v) is 12.5. The summed E-state index contributed by atoms with van der Waals surface area (Å²) in [6, 6.07) is 2.11. The Morgan fingerprint density at radius 3 is 1.72 bits per heavy atom. The van der Waals surface area contributed by atoms with Gasteiger partial charge in [-0.1, -0.05) is 67.7 Å². The maximum Gasteiger partial charge on any atom is 0.251 e. The molecule has 0 aromatic heterocycles. The lowest BCUT2D eigenvalue weighted by atomic mass is 10.1. The van der Waals surface area contributed by atoms with Crippen LogP contribution in [0.15, 0.2) is 72.9 Å². The molecule has 7 heteroatoms. The highest BCUT2D eigenvalue weighted by molar-refractivity contribution is 5.95. The summed E-state index contributed by atoms with van der Waals surface area (Å²) in [6.45, 7) is 2.60. The first-order chi connectivity index (χ1) is 17.5. The van der Waals surface area contributed by atoms with Gasteiger partial charge < -0.3 is 26.0 Å². The Morgan fingerprint density at radius 1 is 0.722 bits per heavy atom. The van der Waals surface area contributed by atoms with Crippen LogP contribution in [0.4, 0.5) is 0 Å². The van der Waals surface area contributed by atoms with Crippen molar-refractivity contribution < 1.29 is 24.9 Å². The van der Waals surface area contributed by atoms with Gasteiger partial charge in [-0.05, 0) is 57.1 Å². The van der Waals surface area contributed by atoms with Crippen LogP contribution in [0, 0.1) is 0 Å². The van der Waals surface area contributed by atoms with Crippen LogP contribution in [0.5, 0.6) is 17.2 Å². The molecule has 0 radical (unpaired) electrons. The molecule has 0 heterocycles. The van der Waals surface area contributed by atoms with E-state index in [0.717, 1.165) is 57.1 Å². The summed E-state index contributed by atoms with van der Waals surface area (Å²) in [5.74, 6) is -2.46. The number of phenolic OH excluding ortho intramolecular Hbond substituents is 3. The molecule has 196 valence electrons. The van der Waals surface area contributed by atoms with Gasteiger partial charge in [-0.15, -0.1) is 0 Å². The first kappa shape index (κ1) is 30.3. The zero-order chi connectivity index (χ0) is 26.4. The number of allylic oxidation sites excluding steroid dienone is 10. The van der Waals surface area contributed by atoms with Crippen molar-refractivity contribution >= 4 is 11.8 Å². The van der Waals surface area contributed by atoms with E-state index < -0.39 is 23.2 Å². The van der Waals surface area contributed by atoms with E-state index in [0.29, 0.717) is 6.42 Å². The zero-order valence-corrected chi connectivity index (χ0v) is 21.2. The Labute approximate surface area is 214 Å². The van der Waals surface area contributed by atoms with Gasteiger partial charge in [0, 0.05) is 25.1 Å². The number of amides is 2. The molecule has 0 unspecified atom stereocenters. The molecule has 0 saturated carbocycles. The Hall–Kier alpha value is -3.74. The van der Waals surface area contributed by atoms with Crippen molar-refractivity contribution in [2.24, 2.45) is 0 Å². The lowest BCUT2D eigenvalue weighted by molar-refractivity contribution is -0.121. The Morgan fingerprint density at radius 2 is 1.19 bits per heavy atom. The molecule has 0 saturated heterocycles. The van der Waals surface area contributed by atoms with E-state index in [-0.39, 0.29) is 24.6 Å². The monoisotopic (exact) mass is 496 g/mol. The molecule has 5 N–H and O–H groups in total. The molecular formula is C29H40N2O5. The minimum Gasteiger partial charge on any atom is -0.504 e. The Kier molecular flexibility index (Phi) is 16.5. The van der Waals surface area contributed by atoms with E-state index in [1.54, 1.807) is 0 Å². The molecule has 0 aliphatic heterocycles. The summed E-state index contributed by atoms with van der Waals surface area (Å²) in [7, 11) is 0. The molecule has 0 spiro atoms. The largest absolute Gasteiger partial charge is 0.504 e. The van der Waals surface area contributed by atoms with Crippen LogP contribution in [0.3, 0.4) is 0 Å². The van der Waals surface area contributed by atoms with Crippen molar-refractivity contribution in [1.82, 2.24) is 10.6 Å². The van der Waals surface area contributed by atoms with Gasteiger partial charge in [0.05, 0.1) is 0 Å². The maximum atomic E-state index is 12.0. The molecule has 0 aliphatic rings. The molecule has 1 aromatic carbocycles. The number of benzene rings is 1. The number of nitrogens with one attached hydrogen (secondary N) is 2. The van der Waals surface area contributed by atoms with E-state index >= 15 is 0 Å². The second-order valence-corrected chi connectivity index (χ2v) is 8.07. The average Bonchev–Trinajstić information content (AvgIpc) is 2.86. The summed E-state index contributed by atoms with van der Waals surface area (Å²) >= 11 is 0. The van der Waals surface area contributed by atoms with Crippen LogP contribution >= 0.6 is 0 Å². The number of rotatable bonds is 17. The third kappa shape index (κ3) is 14.5. The number of carbonyl (C=O) groups is 2. The fourth-order valence-corrected chi connectivity index (χ4v) is 3.05. The number of hydrogen-bond acceptors (Lipinski definition) is 5.